The third-order valence-corrected chi connectivity index (χ3v) is 24.6. The van der Waals surface area contributed by atoms with Crippen molar-refractivity contribution in [2.24, 2.45) is 29.0 Å². The van der Waals surface area contributed by atoms with Gasteiger partial charge in [-0.15, -0.1) is 20.4 Å². The number of hydrogen-bond acceptors (Lipinski definition) is 30. The fourth-order valence-corrected chi connectivity index (χ4v) is 17.0. The smallest absolute Gasteiger partial charge is 0.317 e. The number of aromatic hydroxyl groups is 4. The van der Waals surface area contributed by atoms with E-state index in [1.165, 1.54) is 31.1 Å². The summed E-state index contributed by atoms with van der Waals surface area (Å²) in [6.07, 6.45) is -4.05. The Morgan fingerprint density at radius 1 is 0.418 bits per heavy atom. The number of carbonyl (C=O) groups excluding carboxylic acids is 13. The predicted molar refractivity (Wildman–Crippen MR) is 505 cm³/mol. The summed E-state index contributed by atoms with van der Waals surface area (Å²) in [5.41, 5.74) is 19.0. The second-order valence-electron chi connectivity index (χ2n) is 35.8. The number of rotatable bonds is 51. The zero-order valence-electron chi connectivity index (χ0n) is 80.0. The maximum absolute atomic E-state index is 14.5. The number of phenols is 4. The molecule has 1 radical (unpaired) electrons. The van der Waals surface area contributed by atoms with E-state index in [0.717, 1.165) is 0 Å². The molecule has 45 nitrogen and oxygen atoms in total. The van der Waals surface area contributed by atoms with Crippen LogP contribution in [0.5, 0.6) is 34.5 Å². The molecule has 3 aliphatic heterocycles. The van der Waals surface area contributed by atoms with Gasteiger partial charge in [-0.25, -0.2) is 0 Å². The topological polar surface area (TPSA) is 652 Å². The molecular weight excluding hydrogens is 2000 g/mol. The van der Waals surface area contributed by atoms with Crippen LogP contribution in [0, 0.1) is 48.7 Å². The number of nitrogens with two attached hydrogens (primary N) is 3. The molecule has 775 valence electrons. The molecule has 9 rings (SSSR count). The van der Waals surface area contributed by atoms with Gasteiger partial charge in [0.1, 0.15) is 52.5 Å². The number of amides is 10. The summed E-state index contributed by atoms with van der Waals surface area (Å²) in [5, 5.41) is 103. The number of aromatic nitrogens is 6. The molecule has 46 heteroatoms. The van der Waals surface area contributed by atoms with Crippen molar-refractivity contribution in [3.63, 3.8) is 0 Å². The minimum absolute atomic E-state index is 0. The second-order valence-corrected chi connectivity index (χ2v) is 35.8. The molecule has 3 aliphatic rings. The Morgan fingerprint density at radius 2 is 0.794 bits per heavy atom. The molecule has 6 aromatic rings. The van der Waals surface area contributed by atoms with Crippen LogP contribution >= 0.6 is 0 Å². The number of likely N-dealkylation sites (tertiary alicyclic amines) is 2. The van der Waals surface area contributed by atoms with Gasteiger partial charge >= 0.3 is 17.9 Å². The Kier molecular flexibility index (Phi) is 44.6. The average molecular weight is 2130 g/mol. The van der Waals surface area contributed by atoms with Crippen molar-refractivity contribution in [1.82, 2.24) is 85.5 Å². The van der Waals surface area contributed by atoms with Crippen LogP contribution < -0.4 is 53.3 Å². The SMILES string of the molecule is CCNC(=O)c1nnc(-c2cc(C(C)C)c(O)cc2O)n1-c1ccc(OC2CCN(C(=O)CCNC(=O)[C@@H](CCC(=O)N3CCC(Oc4ccc(-n5c(C(=O)NCC)nnc5-c5cc(C(C)C)c(O)cc5O)cc4)CC3)CC(=O)CCCC(=O)[C@@H](CCC(N)=O)NC(=O)[C@@H](CCC(N)=O)CC(=O)[C@@H](CCC(N)=O)NC(=O)CN3CCN(CC(=O)O)CCN(CC(=O)O)CCN(CC(=O)O)CC3)CC2)cc1.[Lu]. The van der Waals surface area contributed by atoms with Gasteiger partial charge in [0.25, 0.3) is 11.8 Å². The number of nitrogens with zero attached hydrogens (tertiary/aromatic N) is 12. The van der Waals surface area contributed by atoms with Crippen molar-refractivity contribution in [2.45, 2.75) is 193 Å². The Balaban J connectivity index is 0.0000243. The summed E-state index contributed by atoms with van der Waals surface area (Å²) >= 11 is 0. The molecule has 5 heterocycles. The van der Waals surface area contributed by atoms with Gasteiger partial charge in [-0.05, 0) is 130 Å². The number of ether oxygens (including phenoxy) is 2. The minimum Gasteiger partial charge on any atom is -0.508 e. The molecule has 0 bridgehead atoms. The van der Waals surface area contributed by atoms with E-state index < -0.39 is 171 Å². The molecule has 3 saturated heterocycles. The fraction of sp³-hybridized carbons (Fsp3) is 0.537. The van der Waals surface area contributed by atoms with E-state index in [4.69, 9.17) is 26.7 Å². The summed E-state index contributed by atoms with van der Waals surface area (Å²) in [7, 11) is 0. The molecule has 0 unspecified atom stereocenters. The van der Waals surface area contributed by atoms with Gasteiger partial charge in [-0.2, -0.15) is 0 Å². The molecule has 3 fully saturated rings. The van der Waals surface area contributed by atoms with Crippen LogP contribution in [0.1, 0.15) is 201 Å². The molecule has 4 atom stereocenters. The number of phenolic OH excluding ortho intramolecular Hbond substituents is 4. The molecule has 18 N–H and O–H groups in total. The number of Topliss-reactive ketones (excluding diaryl/α,β-unsaturated/α-hetero) is 3. The third-order valence-electron chi connectivity index (χ3n) is 24.6. The van der Waals surface area contributed by atoms with E-state index in [9.17, 15) is 112 Å². The number of carboxylic acids is 3. The monoisotopic (exact) mass is 2130 g/mol. The summed E-state index contributed by atoms with van der Waals surface area (Å²) in [6.45, 7) is 11.2. The fourth-order valence-electron chi connectivity index (χ4n) is 17.0. The number of piperidine rings is 2. The zero-order valence-corrected chi connectivity index (χ0v) is 81.7. The molecule has 0 aliphatic carbocycles. The Labute approximate surface area is 844 Å². The van der Waals surface area contributed by atoms with Crippen LogP contribution in [0.2, 0.25) is 0 Å². The summed E-state index contributed by atoms with van der Waals surface area (Å²) in [6, 6.07) is 16.2. The van der Waals surface area contributed by atoms with E-state index in [0.29, 0.717) is 79.3 Å². The van der Waals surface area contributed by atoms with Crippen LogP contribution in [0.15, 0.2) is 72.8 Å². The number of benzene rings is 4. The van der Waals surface area contributed by atoms with Gasteiger partial charge < -0.3 is 98.8 Å². The number of ketones is 3. The van der Waals surface area contributed by atoms with Crippen molar-refractivity contribution < 1.29 is 159 Å². The van der Waals surface area contributed by atoms with Gasteiger partial charge in [0.05, 0.1) is 49.4 Å². The maximum Gasteiger partial charge on any atom is 0.317 e. The first-order valence-electron chi connectivity index (χ1n) is 47.2. The minimum atomic E-state index is -1.51. The largest absolute Gasteiger partial charge is 0.508 e. The van der Waals surface area contributed by atoms with E-state index in [2.05, 4.69) is 47.0 Å². The van der Waals surface area contributed by atoms with Crippen LogP contribution in [0.3, 0.4) is 0 Å². The van der Waals surface area contributed by atoms with Crippen LogP contribution in [0.25, 0.3) is 34.2 Å². The first-order chi connectivity index (χ1) is 66.6. The van der Waals surface area contributed by atoms with Gasteiger partial charge in [-0.1, -0.05) is 27.7 Å². The first kappa shape index (κ1) is 113. The number of aliphatic carboxylic acids is 3. The summed E-state index contributed by atoms with van der Waals surface area (Å²) in [5.74, 6) is -14.8. The summed E-state index contributed by atoms with van der Waals surface area (Å²) < 4.78 is 15.8. The Morgan fingerprint density at radius 3 is 1.18 bits per heavy atom. The van der Waals surface area contributed by atoms with Gasteiger partial charge in [0.2, 0.25) is 58.9 Å². The number of hydrogen-bond donors (Lipinski definition) is 15. The van der Waals surface area contributed by atoms with Gasteiger partial charge in [0.15, 0.2) is 23.2 Å². The molecule has 10 amide bonds. The van der Waals surface area contributed by atoms with Crippen molar-refractivity contribution >= 4 is 94.3 Å². The third kappa shape index (κ3) is 34.8. The number of nitrogens with one attached hydrogen (secondary N) is 5. The van der Waals surface area contributed by atoms with Crippen molar-refractivity contribution in [1.29, 1.82) is 0 Å². The maximum atomic E-state index is 14.5. The predicted octanol–water partition coefficient (Wildman–Crippen LogP) is 2.61. The molecule has 0 saturated carbocycles. The van der Waals surface area contributed by atoms with E-state index in [-0.39, 0.29) is 260 Å². The molecule has 0 spiro atoms. The quantitative estimate of drug-likeness (QED) is 0.0261. The molecule has 4 aromatic carbocycles. The molecule has 2 aromatic heterocycles. The Bertz CT molecular complexity index is 5360. The van der Waals surface area contributed by atoms with Crippen LogP contribution in [-0.2, 0) is 67.1 Å². The second kappa shape index (κ2) is 55.4. The standard InChI is InChI=1S/C95H130N20O25.Lu/c1-7-99-94(137)90-106-104-88(69-48-67(56(3)4)74(118)50-76(69)120)114(90)60-14-18-63(19-15-60)139-65-29-34-112(35-30-65)83(127)27-13-58(92(135)101-33-28-84(128)113-36-31-66(32-37-113)140-64-20-16-61(17-21-64)115-89(105-107-91(115)95(138)100-8-2)70-49-68(57(5)6)75(119)51-77(70)121)46-62(116)10-9-11-73(117)71(22-25-80(97)124)103-93(136)59(12-24-79(96)123)47-78(122)72(23-26-81(98)125)102-82(126)52-108-38-40-109(53-85(129)130)42-44-111(55-87(133)134)45-43-110(41-39-108)54-86(131)132;/h14-21,48-51,56-59,65-66,71-72,118-121H,7-13,22-47,52-55H2,1-6H3,(H2,96,123)(H2,97,124)(H2,98,125)(H,99,137)(H,100,138)(H,101,135)(H,102,126)(H,103,136)(H,129,130)(H,131,132)(H,133,134);/t58-,59-,71+,72+;/m0./s1. The number of carbonyl (C=O) groups is 16. The van der Waals surface area contributed by atoms with Crippen molar-refractivity contribution in [3.8, 4) is 68.6 Å². The van der Waals surface area contributed by atoms with E-state index in [1.807, 2.05) is 27.7 Å². The van der Waals surface area contributed by atoms with Crippen LogP contribution in [-0.4, -0.2) is 338 Å². The normalized spacial score (nSPS) is 15.4. The average Bonchev–Trinajstić information content (AvgIpc) is 1.63. The Hall–Kier alpha value is -12.8. The molecular formula is C95H130LuN20O25. The van der Waals surface area contributed by atoms with Gasteiger partial charge in [0, 0.05) is 254 Å². The van der Waals surface area contributed by atoms with Crippen LogP contribution in [0.4, 0.5) is 0 Å². The summed E-state index contributed by atoms with van der Waals surface area (Å²) in [4.78, 5) is 223. The van der Waals surface area contributed by atoms with E-state index in [1.54, 1.807) is 94.1 Å². The van der Waals surface area contributed by atoms with Crippen molar-refractivity contribution in [3.05, 3.63) is 95.6 Å². The van der Waals surface area contributed by atoms with E-state index >= 15 is 0 Å². The number of carboxylic acid groups (broad SMARTS) is 3. The zero-order chi connectivity index (χ0) is 102. The van der Waals surface area contributed by atoms with Crippen molar-refractivity contribution in [2.75, 3.05) is 124 Å². The first-order valence-corrected chi connectivity index (χ1v) is 47.2. The number of primary amides is 3. The van der Waals surface area contributed by atoms with Gasteiger partial charge in [-0.3, -0.25) is 105 Å². The molecule has 141 heavy (non-hydrogen) atoms.